The van der Waals surface area contributed by atoms with E-state index in [2.05, 4.69) is 9.97 Å². The van der Waals surface area contributed by atoms with Gasteiger partial charge in [0.25, 0.3) is 0 Å². The first-order chi connectivity index (χ1) is 18.3. The standard InChI is InChI=1S/C29H40FN3O6S/c1-18(2)25-23(15-14-21-16-22(38-29(6,7)37-21)17-24(34)39-28(3,4)5)26(19-10-12-20(30)13-11-19)32-27(31-25)33(8)40(9,35)36/h10-15,18,21-22H,16-17H2,1-9H3/b15-14-/t21-,22-/m1/s1. The maximum absolute atomic E-state index is 13.8. The van der Waals surface area contributed by atoms with Gasteiger partial charge in [-0.3, -0.25) is 4.79 Å². The molecule has 40 heavy (non-hydrogen) atoms. The molecule has 1 saturated heterocycles. The molecule has 3 rings (SSSR count). The van der Waals surface area contributed by atoms with E-state index in [1.165, 1.54) is 19.2 Å². The summed E-state index contributed by atoms with van der Waals surface area (Å²) in [7, 11) is -2.24. The number of carbonyl (C=O) groups excluding carboxylic acids is 1. The zero-order chi connectivity index (χ0) is 30.0. The second kappa shape index (κ2) is 11.9. The van der Waals surface area contributed by atoms with E-state index in [0.29, 0.717) is 28.9 Å². The first-order valence-corrected chi connectivity index (χ1v) is 15.1. The van der Waals surface area contributed by atoms with Gasteiger partial charge in [-0.25, -0.2) is 27.1 Å². The Morgan fingerprint density at radius 3 is 2.38 bits per heavy atom. The average Bonchev–Trinajstić information content (AvgIpc) is 2.79. The Hall–Kier alpha value is -2.89. The summed E-state index contributed by atoms with van der Waals surface area (Å²) in [6.45, 7) is 12.9. The summed E-state index contributed by atoms with van der Waals surface area (Å²) in [6.07, 6.45) is 4.46. The van der Waals surface area contributed by atoms with Crippen LogP contribution >= 0.6 is 0 Å². The molecule has 1 aromatic heterocycles. The van der Waals surface area contributed by atoms with Crippen LogP contribution in [0.5, 0.6) is 0 Å². The zero-order valence-corrected chi connectivity index (χ0v) is 25.5. The number of ether oxygens (including phenoxy) is 3. The second-order valence-electron chi connectivity index (χ2n) is 11.7. The Morgan fingerprint density at radius 1 is 1.20 bits per heavy atom. The number of sulfonamides is 1. The number of halogens is 1. The normalized spacial score (nSPS) is 19.7. The molecule has 0 N–H and O–H groups in total. The van der Waals surface area contributed by atoms with Crippen LogP contribution in [0.2, 0.25) is 0 Å². The first kappa shape index (κ1) is 31.6. The molecular formula is C29H40FN3O6S. The fraction of sp³-hybridized carbons (Fsp3) is 0.552. The van der Waals surface area contributed by atoms with E-state index in [1.54, 1.807) is 26.0 Å². The van der Waals surface area contributed by atoms with Crippen LogP contribution in [0.4, 0.5) is 10.3 Å². The van der Waals surface area contributed by atoms with Crippen molar-refractivity contribution < 1.29 is 31.8 Å². The lowest BCUT2D eigenvalue weighted by molar-refractivity contribution is -0.290. The average molecular weight is 578 g/mol. The molecule has 220 valence electrons. The molecule has 1 fully saturated rings. The Balaban J connectivity index is 2.04. The summed E-state index contributed by atoms with van der Waals surface area (Å²) in [5, 5.41) is 0. The quantitative estimate of drug-likeness (QED) is 0.381. The van der Waals surface area contributed by atoms with Crippen molar-refractivity contribution in [2.24, 2.45) is 0 Å². The highest BCUT2D eigenvalue weighted by molar-refractivity contribution is 7.92. The van der Waals surface area contributed by atoms with Crippen molar-refractivity contribution in [2.75, 3.05) is 17.6 Å². The van der Waals surface area contributed by atoms with Crippen molar-refractivity contribution in [3.05, 3.63) is 47.4 Å². The van der Waals surface area contributed by atoms with Gasteiger partial charge in [0.05, 0.1) is 36.3 Å². The van der Waals surface area contributed by atoms with E-state index in [0.717, 1.165) is 10.6 Å². The highest BCUT2D eigenvalue weighted by Gasteiger charge is 2.36. The van der Waals surface area contributed by atoms with Crippen LogP contribution in [-0.4, -0.2) is 61.3 Å². The van der Waals surface area contributed by atoms with Gasteiger partial charge in [0.15, 0.2) is 5.79 Å². The fourth-order valence-electron chi connectivity index (χ4n) is 4.36. The summed E-state index contributed by atoms with van der Waals surface area (Å²) in [6, 6.07) is 5.83. The second-order valence-corrected chi connectivity index (χ2v) is 13.8. The maximum atomic E-state index is 13.8. The van der Waals surface area contributed by atoms with E-state index < -0.39 is 39.4 Å². The van der Waals surface area contributed by atoms with Crippen LogP contribution in [0, 0.1) is 5.82 Å². The predicted molar refractivity (Wildman–Crippen MR) is 153 cm³/mol. The molecule has 0 aliphatic carbocycles. The van der Waals surface area contributed by atoms with E-state index in [4.69, 9.17) is 14.2 Å². The Morgan fingerprint density at radius 2 is 1.82 bits per heavy atom. The number of nitrogens with zero attached hydrogens (tertiary/aromatic N) is 3. The van der Waals surface area contributed by atoms with Crippen molar-refractivity contribution in [3.8, 4) is 11.3 Å². The van der Waals surface area contributed by atoms with Crippen LogP contribution in [0.3, 0.4) is 0 Å². The molecule has 9 nitrogen and oxygen atoms in total. The molecule has 1 aliphatic heterocycles. The molecule has 2 aromatic rings. The topological polar surface area (TPSA) is 108 Å². The highest BCUT2D eigenvalue weighted by Crippen LogP contribution is 2.34. The lowest BCUT2D eigenvalue weighted by Crippen LogP contribution is -2.45. The van der Waals surface area contributed by atoms with Gasteiger partial charge in [-0.2, -0.15) is 0 Å². The maximum Gasteiger partial charge on any atom is 0.308 e. The molecule has 11 heteroatoms. The third-order valence-corrected chi connectivity index (χ3v) is 7.24. The predicted octanol–water partition coefficient (Wildman–Crippen LogP) is 5.46. The third-order valence-electron chi connectivity index (χ3n) is 6.08. The van der Waals surface area contributed by atoms with Crippen LogP contribution in [0.25, 0.3) is 17.3 Å². The molecule has 1 aromatic carbocycles. The number of anilines is 1. The third kappa shape index (κ3) is 8.55. The molecule has 1 aliphatic rings. The molecule has 2 atom stereocenters. The van der Waals surface area contributed by atoms with Crippen molar-refractivity contribution in [2.45, 2.75) is 90.8 Å². The van der Waals surface area contributed by atoms with Gasteiger partial charge in [0.2, 0.25) is 16.0 Å². The summed E-state index contributed by atoms with van der Waals surface area (Å²) in [5.74, 6) is -1.78. The molecule has 2 heterocycles. The van der Waals surface area contributed by atoms with Crippen LogP contribution in [0.1, 0.15) is 78.5 Å². The summed E-state index contributed by atoms with van der Waals surface area (Å²) < 4.78 is 57.0. The van der Waals surface area contributed by atoms with E-state index >= 15 is 0 Å². The number of aromatic nitrogens is 2. The lowest BCUT2D eigenvalue weighted by Gasteiger charge is -2.39. The number of hydrogen-bond acceptors (Lipinski definition) is 8. The van der Waals surface area contributed by atoms with Gasteiger partial charge in [0.1, 0.15) is 11.4 Å². The van der Waals surface area contributed by atoms with E-state index in [-0.39, 0.29) is 24.3 Å². The Kier molecular flexibility index (Phi) is 9.43. The lowest BCUT2D eigenvalue weighted by atomic mass is 9.97. The van der Waals surface area contributed by atoms with Gasteiger partial charge in [-0.05, 0) is 64.8 Å². The van der Waals surface area contributed by atoms with E-state index in [9.17, 15) is 17.6 Å². The summed E-state index contributed by atoms with van der Waals surface area (Å²) in [4.78, 5) is 21.7. The monoisotopic (exact) mass is 577 g/mol. The number of benzene rings is 1. The molecular weight excluding hydrogens is 537 g/mol. The van der Waals surface area contributed by atoms with Gasteiger partial charge in [-0.15, -0.1) is 0 Å². The molecule has 0 saturated carbocycles. The molecule has 0 spiro atoms. The van der Waals surface area contributed by atoms with Crippen LogP contribution in [0.15, 0.2) is 30.3 Å². The zero-order valence-electron chi connectivity index (χ0n) is 24.7. The molecule has 0 amide bonds. The minimum Gasteiger partial charge on any atom is -0.460 e. The van der Waals surface area contributed by atoms with Gasteiger partial charge in [-0.1, -0.05) is 26.0 Å². The number of esters is 1. The first-order valence-electron chi connectivity index (χ1n) is 13.2. The molecule has 0 unspecified atom stereocenters. The highest BCUT2D eigenvalue weighted by atomic mass is 32.2. The largest absolute Gasteiger partial charge is 0.460 e. The summed E-state index contributed by atoms with van der Waals surface area (Å²) in [5.41, 5.74) is 1.73. The van der Waals surface area contributed by atoms with Gasteiger partial charge >= 0.3 is 5.97 Å². The van der Waals surface area contributed by atoms with Crippen molar-refractivity contribution in [3.63, 3.8) is 0 Å². The van der Waals surface area contributed by atoms with Crippen LogP contribution in [-0.2, 0) is 29.0 Å². The Labute approximate surface area is 236 Å². The van der Waals surface area contributed by atoms with Crippen molar-refractivity contribution >= 4 is 28.0 Å². The molecule has 0 bridgehead atoms. The van der Waals surface area contributed by atoms with Crippen molar-refractivity contribution in [1.82, 2.24) is 9.97 Å². The van der Waals surface area contributed by atoms with Gasteiger partial charge < -0.3 is 14.2 Å². The Bertz CT molecular complexity index is 1350. The fourth-order valence-corrected chi connectivity index (χ4v) is 4.74. The number of carbonyl (C=O) groups is 1. The van der Waals surface area contributed by atoms with Crippen molar-refractivity contribution in [1.29, 1.82) is 0 Å². The minimum atomic E-state index is -3.63. The van der Waals surface area contributed by atoms with Gasteiger partial charge in [0, 0.05) is 24.6 Å². The smallest absolute Gasteiger partial charge is 0.308 e. The minimum absolute atomic E-state index is 0.0172. The number of hydrogen-bond donors (Lipinski definition) is 0. The van der Waals surface area contributed by atoms with E-state index in [1.807, 2.05) is 46.8 Å². The molecule has 0 radical (unpaired) electrons. The number of rotatable bonds is 8. The SMILES string of the molecule is CC(C)c1nc(N(C)S(C)(=O)=O)nc(-c2ccc(F)cc2)c1/C=C\[C@@H]1C[C@H](CC(=O)OC(C)(C)C)OC(C)(C)O1. The summed E-state index contributed by atoms with van der Waals surface area (Å²) >= 11 is 0. The van der Waals surface area contributed by atoms with Crippen LogP contribution < -0.4 is 4.31 Å².